The molecule has 2 aliphatic heterocycles. The average Bonchev–Trinajstić information content (AvgIpc) is 2.66. The quantitative estimate of drug-likeness (QED) is 0.317. The monoisotopic (exact) mass is 398 g/mol. The standard InChI is InChI=1S/C23H42O5/c1-6-8-9-10-11-12-13-14-16-24-20-18(3)22(25-15-7-2)27-19-17-26-23(4,5)28-21(19)20/h7,15,18-22H,6,8-14,16-17H2,1-5H3/t18?,19-,20-,21-,22+/m1/s1. The van der Waals surface area contributed by atoms with Crippen LogP contribution in [0.1, 0.15) is 86.0 Å². The predicted molar refractivity (Wildman–Crippen MR) is 111 cm³/mol. The first-order valence-electron chi connectivity index (χ1n) is 11.3. The molecule has 0 N–H and O–H groups in total. The molecular formula is C23H42O5. The van der Waals surface area contributed by atoms with Gasteiger partial charge in [-0.3, -0.25) is 0 Å². The Morgan fingerprint density at radius 3 is 2.39 bits per heavy atom. The van der Waals surface area contributed by atoms with E-state index >= 15 is 0 Å². The van der Waals surface area contributed by atoms with E-state index < -0.39 is 5.79 Å². The van der Waals surface area contributed by atoms with Crippen LogP contribution in [-0.4, -0.2) is 43.6 Å². The van der Waals surface area contributed by atoms with Crippen LogP contribution >= 0.6 is 0 Å². The Morgan fingerprint density at radius 2 is 1.71 bits per heavy atom. The van der Waals surface area contributed by atoms with Crippen LogP contribution in [0.4, 0.5) is 0 Å². The zero-order valence-electron chi connectivity index (χ0n) is 18.7. The Bertz CT molecular complexity index is 450. The van der Waals surface area contributed by atoms with Crippen LogP contribution in [0.3, 0.4) is 0 Å². The van der Waals surface area contributed by atoms with Gasteiger partial charge in [0.2, 0.25) is 6.29 Å². The van der Waals surface area contributed by atoms with Gasteiger partial charge in [-0.25, -0.2) is 0 Å². The third-order valence-corrected chi connectivity index (χ3v) is 5.62. The van der Waals surface area contributed by atoms with E-state index in [2.05, 4.69) is 13.8 Å². The molecule has 1 unspecified atom stereocenters. The molecule has 2 saturated heterocycles. The van der Waals surface area contributed by atoms with Crippen molar-refractivity contribution in [1.82, 2.24) is 0 Å². The lowest BCUT2D eigenvalue weighted by Crippen LogP contribution is -2.62. The lowest BCUT2D eigenvalue weighted by molar-refractivity contribution is -0.374. The molecule has 2 aliphatic rings. The van der Waals surface area contributed by atoms with Crippen LogP contribution in [-0.2, 0) is 23.7 Å². The van der Waals surface area contributed by atoms with Gasteiger partial charge >= 0.3 is 0 Å². The van der Waals surface area contributed by atoms with Crippen molar-refractivity contribution < 1.29 is 23.7 Å². The zero-order chi connectivity index (χ0) is 20.4. The summed E-state index contributed by atoms with van der Waals surface area (Å²) in [7, 11) is 0. The van der Waals surface area contributed by atoms with Crippen molar-refractivity contribution >= 4 is 0 Å². The number of hydrogen-bond donors (Lipinski definition) is 0. The molecule has 0 radical (unpaired) electrons. The summed E-state index contributed by atoms with van der Waals surface area (Å²) in [5.41, 5.74) is 0. The Hall–Kier alpha value is -0.620. The van der Waals surface area contributed by atoms with Gasteiger partial charge in [-0.2, -0.15) is 0 Å². The Labute approximate surface area is 172 Å². The highest BCUT2D eigenvalue weighted by atomic mass is 16.8. The summed E-state index contributed by atoms with van der Waals surface area (Å²) < 4.78 is 30.2. The fourth-order valence-corrected chi connectivity index (χ4v) is 3.97. The van der Waals surface area contributed by atoms with Crippen molar-refractivity contribution in [1.29, 1.82) is 0 Å². The molecule has 0 saturated carbocycles. The van der Waals surface area contributed by atoms with Gasteiger partial charge in [0.1, 0.15) is 12.2 Å². The van der Waals surface area contributed by atoms with E-state index in [0.29, 0.717) is 6.61 Å². The number of ether oxygens (including phenoxy) is 5. The molecule has 2 rings (SSSR count). The van der Waals surface area contributed by atoms with Gasteiger partial charge in [0, 0.05) is 12.5 Å². The normalized spacial score (nSPS) is 32.4. The maximum atomic E-state index is 6.35. The highest BCUT2D eigenvalue weighted by molar-refractivity contribution is 4.93. The van der Waals surface area contributed by atoms with Gasteiger partial charge in [0.25, 0.3) is 0 Å². The van der Waals surface area contributed by atoms with Crippen molar-refractivity contribution in [3.8, 4) is 0 Å². The minimum Gasteiger partial charge on any atom is -0.472 e. The molecule has 5 heteroatoms. The Kier molecular flexibility index (Phi) is 10.3. The molecule has 0 spiro atoms. The van der Waals surface area contributed by atoms with Gasteiger partial charge in [0.05, 0.1) is 19.0 Å². The van der Waals surface area contributed by atoms with Crippen LogP contribution in [0.2, 0.25) is 0 Å². The average molecular weight is 399 g/mol. The molecule has 0 amide bonds. The first-order valence-corrected chi connectivity index (χ1v) is 11.3. The lowest BCUT2D eigenvalue weighted by atomic mass is 9.91. The summed E-state index contributed by atoms with van der Waals surface area (Å²) in [5.74, 6) is -0.526. The summed E-state index contributed by atoms with van der Waals surface area (Å²) in [5, 5.41) is 0. The third-order valence-electron chi connectivity index (χ3n) is 5.62. The van der Waals surface area contributed by atoms with Crippen molar-refractivity contribution in [3.63, 3.8) is 0 Å². The summed E-state index contributed by atoms with van der Waals surface area (Å²) in [4.78, 5) is 0. The van der Waals surface area contributed by atoms with E-state index in [1.165, 1.54) is 44.9 Å². The molecule has 0 aromatic rings. The van der Waals surface area contributed by atoms with Crippen molar-refractivity contribution in [2.24, 2.45) is 5.92 Å². The maximum absolute atomic E-state index is 6.35. The fourth-order valence-electron chi connectivity index (χ4n) is 3.97. The largest absolute Gasteiger partial charge is 0.472 e. The molecule has 0 bridgehead atoms. The van der Waals surface area contributed by atoms with Crippen LogP contribution in [0.15, 0.2) is 12.3 Å². The molecule has 0 aliphatic carbocycles. The molecule has 2 fully saturated rings. The molecule has 0 aromatic carbocycles. The molecule has 5 nitrogen and oxygen atoms in total. The minimum absolute atomic E-state index is 0.0539. The maximum Gasteiger partial charge on any atom is 0.204 e. The van der Waals surface area contributed by atoms with Gasteiger partial charge in [-0.1, -0.05) is 64.9 Å². The number of unbranched alkanes of at least 4 members (excludes halogenated alkanes) is 7. The minimum atomic E-state index is -0.610. The van der Waals surface area contributed by atoms with E-state index in [4.69, 9.17) is 23.7 Å². The first kappa shape index (κ1) is 23.7. The number of rotatable bonds is 12. The lowest BCUT2D eigenvalue weighted by Gasteiger charge is -2.50. The molecule has 5 atom stereocenters. The summed E-state index contributed by atoms with van der Waals surface area (Å²) >= 11 is 0. The van der Waals surface area contributed by atoms with Crippen LogP contribution in [0, 0.1) is 5.92 Å². The van der Waals surface area contributed by atoms with Crippen molar-refractivity contribution in [2.75, 3.05) is 13.2 Å². The number of fused-ring (bicyclic) bond motifs is 1. The van der Waals surface area contributed by atoms with Crippen LogP contribution < -0.4 is 0 Å². The molecule has 28 heavy (non-hydrogen) atoms. The Morgan fingerprint density at radius 1 is 1.04 bits per heavy atom. The smallest absolute Gasteiger partial charge is 0.204 e. The fraction of sp³-hybridized carbons (Fsp3) is 0.913. The number of allylic oxidation sites excluding steroid dienone is 1. The molecule has 0 aromatic heterocycles. The number of hydrogen-bond acceptors (Lipinski definition) is 5. The highest BCUT2D eigenvalue weighted by Crippen LogP contribution is 2.37. The second-order valence-electron chi connectivity index (χ2n) is 8.61. The summed E-state index contributed by atoms with van der Waals surface area (Å²) in [6, 6.07) is 0. The zero-order valence-corrected chi connectivity index (χ0v) is 18.7. The molecule has 164 valence electrons. The van der Waals surface area contributed by atoms with Gasteiger partial charge in [-0.05, 0) is 27.2 Å². The van der Waals surface area contributed by atoms with Crippen LogP contribution in [0.25, 0.3) is 0 Å². The second-order valence-corrected chi connectivity index (χ2v) is 8.61. The van der Waals surface area contributed by atoms with E-state index in [9.17, 15) is 0 Å². The van der Waals surface area contributed by atoms with Crippen molar-refractivity contribution in [3.05, 3.63) is 12.3 Å². The van der Waals surface area contributed by atoms with Crippen LogP contribution in [0.5, 0.6) is 0 Å². The second kappa shape index (κ2) is 12.2. The van der Waals surface area contributed by atoms with Crippen molar-refractivity contribution in [2.45, 2.75) is 116 Å². The Balaban J connectivity index is 1.81. The highest BCUT2D eigenvalue weighted by Gasteiger charge is 2.50. The SMILES string of the molecule is CC=CO[C@H]1O[C@@H]2COC(C)(C)O[C@H]2[C@H](OCCCCCCCCCC)C1C. The predicted octanol–water partition coefficient (Wildman–Crippen LogP) is 5.58. The summed E-state index contributed by atoms with van der Waals surface area (Å²) in [6.07, 6.45) is 13.2. The topological polar surface area (TPSA) is 46.2 Å². The van der Waals surface area contributed by atoms with Gasteiger partial charge in [-0.15, -0.1) is 0 Å². The van der Waals surface area contributed by atoms with E-state index in [-0.39, 0.29) is 30.5 Å². The van der Waals surface area contributed by atoms with E-state index in [0.717, 1.165) is 13.0 Å². The molecule has 2 heterocycles. The van der Waals surface area contributed by atoms with Gasteiger partial charge in [0.15, 0.2) is 5.79 Å². The third kappa shape index (κ3) is 7.33. The van der Waals surface area contributed by atoms with Gasteiger partial charge < -0.3 is 23.7 Å². The molecular weight excluding hydrogens is 356 g/mol. The summed E-state index contributed by atoms with van der Waals surface area (Å²) in [6.45, 7) is 11.5. The van der Waals surface area contributed by atoms with E-state index in [1.807, 2.05) is 26.8 Å². The van der Waals surface area contributed by atoms with E-state index in [1.54, 1.807) is 6.26 Å². The first-order chi connectivity index (χ1) is 13.5.